The zero-order valence-corrected chi connectivity index (χ0v) is 50.7. The van der Waals surface area contributed by atoms with Crippen molar-refractivity contribution in [2.45, 2.75) is 117 Å². The van der Waals surface area contributed by atoms with Gasteiger partial charge in [-0.2, -0.15) is 0 Å². The molecule has 15 rings (SSSR count). The molecule has 3 aliphatic rings. The number of nitrogens with zero attached hydrogens (tertiary/aromatic N) is 2. The molecule has 0 spiro atoms. The summed E-state index contributed by atoms with van der Waals surface area (Å²) < 4.78 is 47.7. The van der Waals surface area contributed by atoms with Crippen molar-refractivity contribution >= 4 is 149 Å². The van der Waals surface area contributed by atoms with Crippen LogP contribution in [-0.4, -0.2) is 63.9 Å². The molecule has 0 bridgehead atoms. The number of aromatic nitrogens is 2. The van der Waals surface area contributed by atoms with E-state index in [2.05, 4.69) is 223 Å². The lowest BCUT2D eigenvalue weighted by Gasteiger charge is -2.32. The van der Waals surface area contributed by atoms with Crippen LogP contribution in [0.3, 0.4) is 0 Å². The minimum atomic E-state index is -0.476. The van der Waals surface area contributed by atoms with Gasteiger partial charge in [0.1, 0.15) is 0 Å². The Bertz CT molecular complexity index is 4300. The SMILES string of the molecule is Brc1ccc(-n2c3ccccc3c3ccc4c5ccccc5sc4c32)cc1.CC1(C)OB(B2OC(C)(C)C(C)(C)O2)OC1(C)C.CC1(C)OB(c2ccc(-n3c4ccccc4c4ccc5c6ccccc6sc5c43)cc2)OC1(C)C. The van der Waals surface area contributed by atoms with E-state index in [1.165, 1.54) is 89.6 Å². The monoisotopic (exact) mass is 1160 g/mol. The van der Waals surface area contributed by atoms with Crippen LogP contribution in [-0.2, 0) is 27.9 Å². The smallest absolute Gasteiger partial charge is 0.405 e. The number of halogens is 1. The Hall–Kier alpha value is -5.77. The number of hydrogen-bond acceptors (Lipinski definition) is 8. The summed E-state index contributed by atoms with van der Waals surface area (Å²) in [7, 11) is -1.31. The van der Waals surface area contributed by atoms with E-state index in [1.54, 1.807) is 0 Å². The molecule has 0 amide bonds. The van der Waals surface area contributed by atoms with E-state index >= 15 is 0 Å². The van der Waals surface area contributed by atoms with E-state index in [0.29, 0.717) is 0 Å². The number of thiophene rings is 2. The van der Waals surface area contributed by atoms with Crippen LogP contribution < -0.4 is 5.46 Å². The van der Waals surface area contributed by atoms with E-state index in [0.717, 1.165) is 15.6 Å². The molecule has 3 aliphatic heterocycles. The lowest BCUT2D eigenvalue weighted by molar-refractivity contribution is 0.00578. The van der Waals surface area contributed by atoms with Crippen molar-refractivity contribution in [3.05, 3.63) is 174 Å². The quantitative estimate of drug-likeness (QED) is 0.164. The third kappa shape index (κ3) is 8.70. The van der Waals surface area contributed by atoms with E-state index in [1.807, 2.05) is 78.1 Å². The lowest BCUT2D eigenvalue weighted by Crippen LogP contribution is -2.41. The first kappa shape index (κ1) is 53.5. The average Bonchev–Trinajstić information content (AvgIpc) is 3.64. The van der Waals surface area contributed by atoms with Crippen LogP contribution in [0.25, 0.3) is 95.3 Å². The maximum absolute atomic E-state index is 6.29. The highest BCUT2D eigenvalue weighted by Crippen LogP contribution is 2.47. The summed E-state index contributed by atoms with van der Waals surface area (Å²) >= 11 is 7.33. The third-order valence-corrected chi connectivity index (χ3v) is 20.8. The Kier molecular flexibility index (Phi) is 12.8. The topological polar surface area (TPSA) is 65.2 Å². The normalized spacial score (nSPS) is 18.8. The summed E-state index contributed by atoms with van der Waals surface area (Å²) in [5, 5.41) is 10.5. The van der Waals surface area contributed by atoms with Gasteiger partial charge in [-0.3, -0.25) is 0 Å². The zero-order chi connectivity index (χ0) is 55.9. The fraction of sp³-hybridized carbons (Fsp3) is 0.273. The van der Waals surface area contributed by atoms with Gasteiger partial charge in [-0.15, -0.1) is 22.7 Å². The summed E-state index contributed by atoms with van der Waals surface area (Å²) in [4.78, 5) is 0. The Morgan fingerprint density at radius 2 is 0.662 bits per heavy atom. The standard InChI is InChI=1S/C30H26BNO2S.C24H14BrNS.C12H24B2O4/c1-29(2)30(3,4)34-31(33-29)19-13-15-20(16-14-19)32-25-11-7-5-9-21(25)23-17-18-24-22-10-6-8-12-26(22)35-28(24)27(23)32;25-15-9-11-16(12-10-15)26-21-7-3-1-5-17(21)19-13-14-20-18-6-2-4-8-22(18)27-24(20)23(19)26;1-9(2)10(3,4)16-13(15-9)14-17-11(5,6)12(7,8)18-14/h5-18H,1-4H3;1-14H;1-8H3. The molecule has 12 aromatic rings. The molecule has 4 aromatic heterocycles. The second kappa shape index (κ2) is 19.2. The molecular formula is C66H64B3BrN2O6S2. The molecule has 0 aliphatic carbocycles. The molecule has 0 atom stereocenters. The lowest BCUT2D eigenvalue weighted by atomic mass is 9.49. The number of benzene rings is 8. The van der Waals surface area contributed by atoms with Crippen LogP contribution in [0.1, 0.15) is 83.1 Å². The van der Waals surface area contributed by atoms with E-state index in [4.69, 9.17) is 27.9 Å². The average molecular weight is 1160 g/mol. The minimum absolute atomic E-state index is 0.351. The first-order chi connectivity index (χ1) is 38.0. The van der Waals surface area contributed by atoms with Crippen molar-refractivity contribution in [1.82, 2.24) is 9.13 Å². The van der Waals surface area contributed by atoms with Crippen LogP contribution in [0.5, 0.6) is 0 Å². The first-order valence-electron chi connectivity index (χ1n) is 27.6. The first-order valence-corrected chi connectivity index (χ1v) is 30.1. The van der Waals surface area contributed by atoms with Gasteiger partial charge in [0.2, 0.25) is 0 Å². The van der Waals surface area contributed by atoms with Gasteiger partial charge >= 0.3 is 21.1 Å². The Labute approximate surface area is 485 Å². The predicted molar refractivity (Wildman–Crippen MR) is 343 cm³/mol. The van der Waals surface area contributed by atoms with Gasteiger partial charge in [-0.05, 0) is 149 Å². The van der Waals surface area contributed by atoms with Crippen molar-refractivity contribution in [2.24, 2.45) is 0 Å². The molecule has 14 heteroatoms. The van der Waals surface area contributed by atoms with Gasteiger partial charge in [-0.25, -0.2) is 0 Å². The van der Waals surface area contributed by atoms with Gasteiger partial charge in [0.25, 0.3) is 0 Å². The second-order valence-electron chi connectivity index (χ2n) is 24.5. The molecule has 0 N–H and O–H groups in total. The van der Waals surface area contributed by atoms with Crippen LogP contribution in [0, 0.1) is 0 Å². The Balaban J connectivity index is 0.000000120. The van der Waals surface area contributed by atoms with Crippen molar-refractivity contribution < 1.29 is 27.9 Å². The van der Waals surface area contributed by atoms with Gasteiger partial charge < -0.3 is 37.1 Å². The van der Waals surface area contributed by atoms with Crippen molar-refractivity contribution in [1.29, 1.82) is 0 Å². The molecule has 0 unspecified atom stereocenters. The van der Waals surface area contributed by atoms with Gasteiger partial charge in [0, 0.05) is 68.3 Å². The number of hydrogen-bond donors (Lipinski definition) is 0. The van der Waals surface area contributed by atoms with Crippen molar-refractivity contribution in [3.8, 4) is 11.4 Å². The molecule has 7 heterocycles. The van der Waals surface area contributed by atoms with E-state index < -0.39 is 14.0 Å². The number of rotatable bonds is 4. The molecule has 3 saturated heterocycles. The minimum Gasteiger partial charge on any atom is -0.405 e. The van der Waals surface area contributed by atoms with E-state index in [-0.39, 0.29) is 40.7 Å². The predicted octanol–water partition coefficient (Wildman–Crippen LogP) is 17.6. The molecule has 80 heavy (non-hydrogen) atoms. The molecule has 8 nitrogen and oxygen atoms in total. The van der Waals surface area contributed by atoms with Crippen LogP contribution in [0.15, 0.2) is 174 Å². The zero-order valence-electron chi connectivity index (χ0n) is 47.4. The Morgan fingerprint density at radius 1 is 0.338 bits per heavy atom. The fourth-order valence-corrected chi connectivity index (χ4v) is 14.1. The summed E-state index contributed by atoms with van der Waals surface area (Å²) in [6.07, 6.45) is 0. The second-order valence-corrected chi connectivity index (χ2v) is 27.5. The summed E-state index contributed by atoms with van der Waals surface area (Å²) in [6.45, 7) is 24.6. The highest BCUT2D eigenvalue weighted by atomic mass is 79.9. The summed E-state index contributed by atoms with van der Waals surface area (Å²) in [5.41, 5.74) is 6.27. The molecular weight excluding hydrogens is 1090 g/mol. The fourth-order valence-electron chi connectivity index (χ4n) is 11.3. The molecule has 8 aromatic carbocycles. The van der Waals surface area contributed by atoms with Crippen molar-refractivity contribution in [3.63, 3.8) is 0 Å². The largest absolute Gasteiger partial charge is 0.494 e. The Morgan fingerprint density at radius 3 is 1.06 bits per heavy atom. The maximum Gasteiger partial charge on any atom is 0.494 e. The maximum atomic E-state index is 6.29. The van der Waals surface area contributed by atoms with Crippen LogP contribution >= 0.6 is 38.6 Å². The van der Waals surface area contributed by atoms with Crippen molar-refractivity contribution in [2.75, 3.05) is 0 Å². The molecule has 0 radical (unpaired) electrons. The van der Waals surface area contributed by atoms with Gasteiger partial charge in [0.15, 0.2) is 0 Å². The summed E-state index contributed by atoms with van der Waals surface area (Å²) in [5.74, 6) is 0. The number of para-hydroxylation sites is 2. The highest BCUT2D eigenvalue weighted by Gasteiger charge is 2.64. The van der Waals surface area contributed by atoms with E-state index in [9.17, 15) is 0 Å². The molecule has 3 fully saturated rings. The summed E-state index contributed by atoms with van der Waals surface area (Å²) in [6, 6.07) is 61.2. The van der Waals surface area contributed by atoms with Crippen LogP contribution in [0.2, 0.25) is 0 Å². The molecule has 402 valence electrons. The van der Waals surface area contributed by atoms with Gasteiger partial charge in [-0.1, -0.05) is 125 Å². The molecule has 0 saturated carbocycles. The highest BCUT2D eigenvalue weighted by molar-refractivity contribution is 9.10. The third-order valence-electron chi connectivity index (χ3n) is 17.9. The van der Waals surface area contributed by atoms with Crippen LogP contribution in [0.4, 0.5) is 0 Å². The van der Waals surface area contributed by atoms with Gasteiger partial charge in [0.05, 0.1) is 65.1 Å². The number of fused-ring (bicyclic) bond motifs is 14.